The van der Waals surface area contributed by atoms with E-state index in [1.807, 2.05) is 0 Å². The van der Waals surface area contributed by atoms with Crippen LogP contribution in [-0.2, 0) is 0 Å². The first-order chi connectivity index (χ1) is 6.80. The molecule has 0 atom stereocenters. The lowest BCUT2D eigenvalue weighted by molar-refractivity contribution is 0.0991. The molecule has 0 saturated carbocycles. The Morgan fingerprint density at radius 1 is 1.29 bits per heavy atom. The number of hydrogen-bond donors (Lipinski definition) is 2. The maximum Gasteiger partial charge on any atom is 0.284 e. The number of primary amides is 1. The van der Waals surface area contributed by atoms with Crippen LogP contribution >= 0.6 is 0 Å². The molecule has 0 unspecified atom stereocenters. The Kier molecular flexibility index (Phi) is 3.74. The maximum absolute atomic E-state index is 10.2. The van der Waals surface area contributed by atoms with Crippen LogP contribution in [0.1, 0.15) is 10.6 Å². The van der Waals surface area contributed by atoms with Crippen LogP contribution in [0.2, 0.25) is 0 Å². The Morgan fingerprint density at radius 3 is 2.21 bits per heavy atom. The standard InChI is InChI=1S/C4H5N3O.C3H3N3/c5-3(8)4-6-1-2-7-4;1-2-4-6-5-3-1/h1-2H,(H2,5,8)(H,6,7);1-3H. The molecule has 0 spiro atoms. The lowest BCUT2D eigenvalue weighted by Gasteiger charge is -1.80. The molecular weight excluding hydrogens is 184 g/mol. The maximum atomic E-state index is 10.2. The van der Waals surface area contributed by atoms with Crippen molar-refractivity contribution in [3.8, 4) is 0 Å². The number of H-pyrrole nitrogens is 1. The minimum Gasteiger partial charge on any atom is -0.363 e. The van der Waals surface area contributed by atoms with Crippen LogP contribution in [0.3, 0.4) is 0 Å². The van der Waals surface area contributed by atoms with Gasteiger partial charge < -0.3 is 10.7 Å². The van der Waals surface area contributed by atoms with E-state index in [2.05, 4.69) is 25.4 Å². The molecule has 14 heavy (non-hydrogen) atoms. The second-order valence-electron chi connectivity index (χ2n) is 2.11. The van der Waals surface area contributed by atoms with E-state index < -0.39 is 5.91 Å². The van der Waals surface area contributed by atoms with Crippen molar-refractivity contribution in [1.82, 2.24) is 25.4 Å². The van der Waals surface area contributed by atoms with Crippen LogP contribution in [-0.4, -0.2) is 31.3 Å². The summed E-state index contributed by atoms with van der Waals surface area (Å²) < 4.78 is 0. The topological polar surface area (TPSA) is 110 Å². The van der Waals surface area contributed by atoms with Gasteiger partial charge in [-0.3, -0.25) is 4.79 Å². The molecule has 2 rings (SSSR count). The van der Waals surface area contributed by atoms with E-state index >= 15 is 0 Å². The zero-order valence-electron chi connectivity index (χ0n) is 7.16. The SMILES string of the molecule is NC(=O)c1ncc[nH]1.c1cnnnc1. The molecule has 2 aromatic heterocycles. The van der Waals surface area contributed by atoms with Gasteiger partial charge in [-0.2, -0.15) is 0 Å². The van der Waals surface area contributed by atoms with Gasteiger partial charge in [-0.25, -0.2) is 4.98 Å². The van der Waals surface area contributed by atoms with E-state index in [1.54, 1.807) is 24.7 Å². The summed E-state index contributed by atoms with van der Waals surface area (Å²) in [4.78, 5) is 16.3. The normalized spacial score (nSPS) is 8.57. The highest BCUT2D eigenvalue weighted by atomic mass is 16.1. The highest BCUT2D eigenvalue weighted by Crippen LogP contribution is 1.82. The van der Waals surface area contributed by atoms with Gasteiger partial charge in [-0.15, -0.1) is 10.2 Å². The zero-order valence-corrected chi connectivity index (χ0v) is 7.16. The Labute approximate surface area is 79.4 Å². The summed E-state index contributed by atoms with van der Waals surface area (Å²) in [6.07, 6.45) is 6.17. The predicted octanol–water partition coefficient (Wildman–Crippen LogP) is -0.620. The average Bonchev–Trinajstić information content (AvgIpc) is 2.74. The smallest absolute Gasteiger partial charge is 0.284 e. The van der Waals surface area contributed by atoms with Crippen LogP contribution in [0.25, 0.3) is 0 Å². The molecule has 0 bridgehead atoms. The van der Waals surface area contributed by atoms with E-state index in [1.165, 1.54) is 6.20 Å². The van der Waals surface area contributed by atoms with Crippen molar-refractivity contribution in [2.75, 3.05) is 0 Å². The van der Waals surface area contributed by atoms with Crippen LogP contribution in [0.5, 0.6) is 0 Å². The lowest BCUT2D eigenvalue weighted by atomic mass is 10.6. The third-order valence-corrected chi connectivity index (χ3v) is 1.14. The number of amides is 1. The van der Waals surface area contributed by atoms with Gasteiger partial charge in [0.1, 0.15) is 0 Å². The summed E-state index contributed by atoms with van der Waals surface area (Å²) in [6, 6.07) is 1.72. The number of carbonyl (C=O) groups is 1. The van der Waals surface area contributed by atoms with Crippen LogP contribution in [0, 0.1) is 0 Å². The van der Waals surface area contributed by atoms with E-state index in [4.69, 9.17) is 5.73 Å². The monoisotopic (exact) mass is 192 g/mol. The van der Waals surface area contributed by atoms with Crippen molar-refractivity contribution in [2.45, 2.75) is 0 Å². The zero-order chi connectivity index (χ0) is 10.2. The predicted molar refractivity (Wildman–Crippen MR) is 46.9 cm³/mol. The lowest BCUT2D eigenvalue weighted by Crippen LogP contribution is -2.12. The first kappa shape index (κ1) is 9.78. The number of nitrogens with two attached hydrogens (primary N) is 1. The summed E-state index contributed by atoms with van der Waals surface area (Å²) in [7, 11) is 0. The highest BCUT2D eigenvalue weighted by molar-refractivity contribution is 5.88. The van der Waals surface area contributed by atoms with Crippen molar-refractivity contribution in [3.05, 3.63) is 36.7 Å². The number of imidazole rings is 1. The fraction of sp³-hybridized carbons (Fsp3) is 0. The summed E-state index contributed by atoms with van der Waals surface area (Å²) >= 11 is 0. The average molecular weight is 192 g/mol. The Balaban J connectivity index is 0.000000146. The van der Waals surface area contributed by atoms with Gasteiger partial charge in [0.15, 0.2) is 5.82 Å². The minimum absolute atomic E-state index is 0.199. The van der Waals surface area contributed by atoms with E-state index in [0.29, 0.717) is 0 Å². The van der Waals surface area contributed by atoms with E-state index in [9.17, 15) is 4.79 Å². The fourth-order valence-corrected chi connectivity index (χ4v) is 0.605. The molecule has 7 nitrogen and oxygen atoms in total. The Morgan fingerprint density at radius 2 is 2.00 bits per heavy atom. The molecule has 0 aliphatic carbocycles. The second-order valence-corrected chi connectivity index (χ2v) is 2.11. The van der Waals surface area contributed by atoms with Crippen molar-refractivity contribution < 1.29 is 4.79 Å². The first-order valence-corrected chi connectivity index (χ1v) is 3.68. The number of aromatic nitrogens is 5. The summed E-state index contributed by atoms with van der Waals surface area (Å²) in [6.45, 7) is 0. The molecule has 0 saturated heterocycles. The van der Waals surface area contributed by atoms with Gasteiger partial charge in [-0.1, -0.05) is 0 Å². The van der Waals surface area contributed by atoms with Gasteiger partial charge in [0, 0.05) is 12.4 Å². The molecule has 3 N–H and O–H groups in total. The van der Waals surface area contributed by atoms with Crippen LogP contribution < -0.4 is 5.73 Å². The third-order valence-electron chi connectivity index (χ3n) is 1.14. The van der Waals surface area contributed by atoms with Crippen molar-refractivity contribution in [2.24, 2.45) is 5.73 Å². The number of aromatic amines is 1. The molecule has 72 valence electrons. The fourth-order valence-electron chi connectivity index (χ4n) is 0.605. The van der Waals surface area contributed by atoms with Gasteiger partial charge in [-0.05, 0) is 11.3 Å². The Bertz CT molecular complexity index is 332. The largest absolute Gasteiger partial charge is 0.363 e. The third kappa shape index (κ3) is 3.39. The van der Waals surface area contributed by atoms with Crippen LogP contribution in [0.15, 0.2) is 30.9 Å². The van der Waals surface area contributed by atoms with Gasteiger partial charge in [0.05, 0.1) is 12.4 Å². The summed E-state index contributed by atoms with van der Waals surface area (Å²) in [5.74, 6) is -0.333. The van der Waals surface area contributed by atoms with Crippen molar-refractivity contribution in [1.29, 1.82) is 0 Å². The summed E-state index contributed by atoms with van der Waals surface area (Å²) in [5, 5.41) is 10.1. The van der Waals surface area contributed by atoms with Crippen molar-refractivity contribution in [3.63, 3.8) is 0 Å². The number of nitrogens with zero attached hydrogens (tertiary/aromatic N) is 4. The molecule has 0 fully saturated rings. The van der Waals surface area contributed by atoms with E-state index in [0.717, 1.165) is 0 Å². The number of rotatable bonds is 1. The molecule has 1 amide bonds. The van der Waals surface area contributed by atoms with Gasteiger partial charge in [0.2, 0.25) is 0 Å². The van der Waals surface area contributed by atoms with Gasteiger partial charge in [0.25, 0.3) is 5.91 Å². The number of carbonyl (C=O) groups excluding carboxylic acids is 1. The molecule has 0 aliphatic rings. The second kappa shape index (κ2) is 5.36. The quantitative estimate of drug-likeness (QED) is 0.625. The van der Waals surface area contributed by atoms with Gasteiger partial charge >= 0.3 is 0 Å². The molecule has 7 heteroatoms. The molecule has 0 aliphatic heterocycles. The van der Waals surface area contributed by atoms with Crippen molar-refractivity contribution >= 4 is 5.91 Å². The molecular formula is C7H8N6O. The number of hydrogen-bond acceptors (Lipinski definition) is 5. The first-order valence-electron chi connectivity index (χ1n) is 3.68. The number of nitrogens with one attached hydrogen (secondary N) is 1. The summed E-state index contributed by atoms with van der Waals surface area (Å²) in [5.41, 5.74) is 4.83. The molecule has 0 radical (unpaired) electrons. The molecule has 2 aromatic rings. The molecule has 2 heterocycles. The van der Waals surface area contributed by atoms with Crippen LogP contribution in [0.4, 0.5) is 0 Å². The molecule has 0 aromatic carbocycles. The highest BCUT2D eigenvalue weighted by Gasteiger charge is 1.97. The Hall–Kier alpha value is -2.31. The minimum atomic E-state index is -0.532. The van der Waals surface area contributed by atoms with E-state index in [-0.39, 0.29) is 5.82 Å².